The number of benzene rings is 1. The Morgan fingerprint density at radius 2 is 2.41 bits per heavy atom. The van der Waals surface area contributed by atoms with Gasteiger partial charge < -0.3 is 15.4 Å². The maximum absolute atomic E-state index is 12.4. The summed E-state index contributed by atoms with van der Waals surface area (Å²) in [7, 11) is 0. The molecule has 1 saturated heterocycles. The number of nitrogens with one attached hydrogen (secondary N) is 2. The quantitative estimate of drug-likeness (QED) is 0.840. The summed E-state index contributed by atoms with van der Waals surface area (Å²) in [6, 6.07) is 6.54. The van der Waals surface area contributed by atoms with E-state index in [4.69, 9.17) is 4.74 Å². The molecule has 3 atom stereocenters. The Morgan fingerprint density at radius 1 is 1.55 bits per heavy atom. The minimum Gasteiger partial charge on any atom is -0.378 e. The van der Waals surface area contributed by atoms with Gasteiger partial charge >= 0.3 is 0 Å². The van der Waals surface area contributed by atoms with E-state index in [0.29, 0.717) is 18.9 Å². The minimum atomic E-state index is 0.0887. The van der Waals surface area contributed by atoms with E-state index in [1.807, 2.05) is 11.8 Å². The lowest BCUT2D eigenvalue weighted by Crippen LogP contribution is -2.45. The molecule has 0 aliphatic carbocycles. The lowest BCUT2D eigenvalue weighted by Gasteiger charge is -2.32. The van der Waals surface area contributed by atoms with Gasteiger partial charge in [-0.15, -0.1) is 11.8 Å². The molecule has 6 heteroatoms. The number of ether oxygens (including phenoxy) is 1. The maximum Gasteiger partial charge on any atom is 0.222 e. The van der Waals surface area contributed by atoms with Crippen LogP contribution in [0, 0.1) is 5.92 Å². The normalized spacial score (nSPS) is 28.0. The molecule has 120 valence electrons. The fourth-order valence-electron chi connectivity index (χ4n) is 2.94. The predicted octanol–water partition coefficient (Wildman–Crippen LogP) is 2.73. The van der Waals surface area contributed by atoms with Crippen molar-refractivity contribution in [3.63, 3.8) is 0 Å². The third-order valence-corrected chi connectivity index (χ3v) is 5.99. The van der Waals surface area contributed by atoms with E-state index < -0.39 is 0 Å². The van der Waals surface area contributed by atoms with Gasteiger partial charge in [-0.3, -0.25) is 4.79 Å². The lowest BCUT2D eigenvalue weighted by atomic mass is 9.95. The molecule has 1 amide bonds. The molecule has 0 saturated carbocycles. The first-order valence-electron chi connectivity index (χ1n) is 7.66. The second-order valence-corrected chi connectivity index (χ2v) is 7.92. The molecule has 1 aromatic carbocycles. The van der Waals surface area contributed by atoms with Crippen molar-refractivity contribution in [3.8, 4) is 0 Å². The first-order valence-corrected chi connectivity index (χ1v) is 9.44. The van der Waals surface area contributed by atoms with Crippen LogP contribution in [-0.2, 0) is 9.53 Å². The van der Waals surface area contributed by atoms with E-state index in [1.165, 1.54) is 10.5 Å². The fourth-order valence-corrected chi connectivity index (χ4v) is 4.48. The van der Waals surface area contributed by atoms with Gasteiger partial charge in [0.15, 0.2) is 0 Å². The Kier molecular flexibility index (Phi) is 5.44. The molecule has 2 aliphatic rings. The Morgan fingerprint density at radius 3 is 3.18 bits per heavy atom. The molecular weight excluding hydrogens is 364 g/mol. The summed E-state index contributed by atoms with van der Waals surface area (Å²) < 4.78 is 6.47. The first-order chi connectivity index (χ1) is 10.6. The molecule has 0 spiro atoms. The van der Waals surface area contributed by atoms with Gasteiger partial charge in [-0.1, -0.05) is 22.9 Å². The number of rotatable bonds is 3. The molecule has 2 N–H and O–H groups in total. The van der Waals surface area contributed by atoms with Gasteiger partial charge in [-0.25, -0.2) is 0 Å². The van der Waals surface area contributed by atoms with E-state index in [9.17, 15) is 4.79 Å². The number of carbonyl (C=O) groups excluding carboxylic acids is 1. The highest BCUT2D eigenvalue weighted by molar-refractivity contribution is 9.10. The molecule has 1 fully saturated rings. The van der Waals surface area contributed by atoms with Crippen molar-refractivity contribution in [2.75, 3.05) is 25.5 Å². The third-order valence-electron chi connectivity index (χ3n) is 4.12. The summed E-state index contributed by atoms with van der Waals surface area (Å²) in [4.78, 5) is 13.7. The van der Waals surface area contributed by atoms with E-state index in [1.54, 1.807) is 0 Å². The number of fused-ring (bicyclic) bond motifs is 1. The molecule has 3 rings (SSSR count). The molecule has 3 unspecified atom stereocenters. The Labute approximate surface area is 143 Å². The van der Waals surface area contributed by atoms with Gasteiger partial charge in [-0.05, 0) is 29.7 Å². The zero-order valence-electron chi connectivity index (χ0n) is 12.6. The topological polar surface area (TPSA) is 50.4 Å². The van der Waals surface area contributed by atoms with Crippen LogP contribution in [0.5, 0.6) is 0 Å². The summed E-state index contributed by atoms with van der Waals surface area (Å²) in [6.45, 7) is 4.37. The number of amides is 1. The SMILES string of the molecule is CC1CSc2ccc(Br)cc2C1NC(=O)CC1COCCN1. The second-order valence-electron chi connectivity index (χ2n) is 5.95. The summed E-state index contributed by atoms with van der Waals surface area (Å²) in [5.41, 5.74) is 1.22. The summed E-state index contributed by atoms with van der Waals surface area (Å²) >= 11 is 5.40. The number of carbonyl (C=O) groups is 1. The van der Waals surface area contributed by atoms with Gasteiger partial charge in [0.25, 0.3) is 0 Å². The zero-order chi connectivity index (χ0) is 15.5. The van der Waals surface area contributed by atoms with Crippen LogP contribution in [0.15, 0.2) is 27.6 Å². The Balaban J connectivity index is 1.68. The van der Waals surface area contributed by atoms with Gasteiger partial charge in [-0.2, -0.15) is 0 Å². The molecular formula is C16H21BrN2O2S. The van der Waals surface area contributed by atoms with Crippen LogP contribution in [0.25, 0.3) is 0 Å². The van der Waals surface area contributed by atoms with Crippen LogP contribution in [0.4, 0.5) is 0 Å². The highest BCUT2D eigenvalue weighted by atomic mass is 79.9. The van der Waals surface area contributed by atoms with Crippen molar-refractivity contribution >= 4 is 33.6 Å². The van der Waals surface area contributed by atoms with E-state index in [0.717, 1.165) is 23.4 Å². The van der Waals surface area contributed by atoms with Gasteiger partial charge in [0.1, 0.15) is 0 Å². The highest BCUT2D eigenvalue weighted by Crippen LogP contribution is 2.40. The average Bonchev–Trinajstić information content (AvgIpc) is 2.51. The molecule has 0 radical (unpaired) electrons. The molecule has 1 aromatic rings. The van der Waals surface area contributed by atoms with Crippen LogP contribution >= 0.6 is 27.7 Å². The minimum absolute atomic E-state index is 0.0887. The largest absolute Gasteiger partial charge is 0.378 e. The van der Waals surface area contributed by atoms with Crippen LogP contribution in [0.2, 0.25) is 0 Å². The second kappa shape index (κ2) is 7.34. The summed E-state index contributed by atoms with van der Waals surface area (Å²) in [5.74, 6) is 1.55. The number of thioether (sulfide) groups is 1. The highest BCUT2D eigenvalue weighted by Gasteiger charge is 2.29. The van der Waals surface area contributed by atoms with E-state index >= 15 is 0 Å². The first kappa shape index (κ1) is 16.3. The standard InChI is InChI=1S/C16H21BrN2O2S/c1-10-9-22-14-3-2-11(17)6-13(14)16(10)19-15(20)7-12-8-21-5-4-18-12/h2-3,6,10,12,16,18H,4-5,7-9H2,1H3,(H,19,20). The molecule has 0 aromatic heterocycles. The summed E-state index contributed by atoms with van der Waals surface area (Å²) in [5, 5.41) is 6.56. The monoisotopic (exact) mass is 384 g/mol. The Bertz CT molecular complexity index is 549. The molecule has 2 aliphatic heterocycles. The van der Waals surface area contributed by atoms with Crippen molar-refractivity contribution < 1.29 is 9.53 Å². The zero-order valence-corrected chi connectivity index (χ0v) is 15.0. The van der Waals surface area contributed by atoms with Gasteiger partial charge in [0.2, 0.25) is 5.91 Å². The van der Waals surface area contributed by atoms with Crippen molar-refractivity contribution in [2.24, 2.45) is 5.92 Å². The maximum atomic E-state index is 12.4. The van der Waals surface area contributed by atoms with Crippen LogP contribution in [0.1, 0.15) is 24.9 Å². The molecule has 4 nitrogen and oxygen atoms in total. The average molecular weight is 385 g/mol. The molecule has 22 heavy (non-hydrogen) atoms. The van der Waals surface area contributed by atoms with Crippen LogP contribution in [-0.4, -0.2) is 37.5 Å². The predicted molar refractivity (Wildman–Crippen MR) is 92.1 cm³/mol. The van der Waals surface area contributed by atoms with Crippen molar-refractivity contribution in [1.82, 2.24) is 10.6 Å². The molecule has 2 heterocycles. The van der Waals surface area contributed by atoms with Crippen molar-refractivity contribution in [2.45, 2.75) is 30.3 Å². The van der Waals surface area contributed by atoms with Crippen molar-refractivity contribution in [3.05, 3.63) is 28.2 Å². The lowest BCUT2D eigenvalue weighted by molar-refractivity contribution is -0.123. The number of halogens is 1. The van der Waals surface area contributed by atoms with Crippen LogP contribution in [0.3, 0.4) is 0 Å². The fraction of sp³-hybridized carbons (Fsp3) is 0.562. The smallest absolute Gasteiger partial charge is 0.222 e. The Hall–Kier alpha value is -0.560. The van der Waals surface area contributed by atoms with Gasteiger partial charge in [0.05, 0.1) is 19.3 Å². The van der Waals surface area contributed by atoms with E-state index in [-0.39, 0.29) is 18.0 Å². The third kappa shape index (κ3) is 3.85. The number of hydrogen-bond acceptors (Lipinski definition) is 4. The number of morpholine rings is 1. The van der Waals surface area contributed by atoms with Crippen molar-refractivity contribution in [1.29, 1.82) is 0 Å². The van der Waals surface area contributed by atoms with E-state index in [2.05, 4.69) is 51.7 Å². The molecule has 0 bridgehead atoms. The number of hydrogen-bond donors (Lipinski definition) is 2. The summed E-state index contributed by atoms with van der Waals surface area (Å²) in [6.07, 6.45) is 0.472. The van der Waals surface area contributed by atoms with Crippen LogP contribution < -0.4 is 10.6 Å². The van der Waals surface area contributed by atoms with Gasteiger partial charge in [0, 0.05) is 34.1 Å².